The number of ether oxygens (including phenoxy) is 1. The minimum absolute atomic E-state index is 0.131. The SMILES string of the molecule is COCCN(Cc1cccs1)S(=O)(=O)c1ccc(-c2onc(C)c2C)o1. The second-order valence-corrected chi connectivity index (χ2v) is 8.65. The van der Waals surface area contributed by atoms with Crippen molar-refractivity contribution in [3.63, 3.8) is 0 Å². The summed E-state index contributed by atoms with van der Waals surface area (Å²) in [5.41, 5.74) is 1.55. The number of aromatic nitrogens is 1. The Kier molecular flexibility index (Phi) is 5.61. The van der Waals surface area contributed by atoms with Gasteiger partial charge >= 0.3 is 0 Å². The van der Waals surface area contributed by atoms with E-state index in [-0.39, 0.29) is 18.2 Å². The Morgan fingerprint density at radius 3 is 2.69 bits per heavy atom. The quantitative estimate of drug-likeness (QED) is 0.580. The van der Waals surface area contributed by atoms with Gasteiger partial charge in [-0.05, 0) is 37.4 Å². The molecule has 0 spiro atoms. The third-order valence-corrected chi connectivity index (χ3v) is 6.59. The van der Waals surface area contributed by atoms with Crippen LogP contribution in [0.2, 0.25) is 0 Å². The van der Waals surface area contributed by atoms with Gasteiger partial charge < -0.3 is 13.7 Å². The van der Waals surface area contributed by atoms with Gasteiger partial charge in [-0.3, -0.25) is 0 Å². The fourth-order valence-electron chi connectivity index (χ4n) is 2.41. The van der Waals surface area contributed by atoms with E-state index in [0.717, 1.165) is 16.1 Å². The maximum Gasteiger partial charge on any atom is 0.276 e. The molecule has 0 fully saturated rings. The highest BCUT2D eigenvalue weighted by atomic mass is 32.2. The Morgan fingerprint density at radius 1 is 1.27 bits per heavy atom. The number of hydrogen-bond acceptors (Lipinski definition) is 7. The zero-order chi connectivity index (χ0) is 18.7. The number of rotatable bonds is 8. The van der Waals surface area contributed by atoms with Crippen LogP contribution >= 0.6 is 11.3 Å². The Morgan fingerprint density at radius 2 is 2.08 bits per heavy atom. The Bertz CT molecular complexity index is 957. The van der Waals surface area contributed by atoms with E-state index in [4.69, 9.17) is 13.7 Å². The summed E-state index contributed by atoms with van der Waals surface area (Å²) in [6.45, 7) is 4.45. The van der Waals surface area contributed by atoms with Crippen molar-refractivity contribution < 1.29 is 22.1 Å². The van der Waals surface area contributed by atoms with Crippen molar-refractivity contribution in [2.45, 2.75) is 25.5 Å². The summed E-state index contributed by atoms with van der Waals surface area (Å²) < 4.78 is 43.3. The molecular weight excluding hydrogens is 376 g/mol. The van der Waals surface area contributed by atoms with Crippen LogP contribution in [0.1, 0.15) is 16.1 Å². The van der Waals surface area contributed by atoms with E-state index in [2.05, 4.69) is 5.16 Å². The molecule has 0 aromatic carbocycles. The summed E-state index contributed by atoms with van der Waals surface area (Å²) in [5, 5.41) is 5.66. The maximum atomic E-state index is 13.0. The first-order valence-corrected chi connectivity index (χ1v) is 10.3. The van der Waals surface area contributed by atoms with Crippen molar-refractivity contribution in [1.29, 1.82) is 0 Å². The molecule has 0 amide bonds. The molecule has 0 saturated heterocycles. The van der Waals surface area contributed by atoms with Gasteiger partial charge in [0.25, 0.3) is 10.0 Å². The molecule has 7 nitrogen and oxygen atoms in total. The van der Waals surface area contributed by atoms with Gasteiger partial charge in [0.2, 0.25) is 10.9 Å². The minimum Gasteiger partial charge on any atom is -0.440 e. The molecule has 0 atom stereocenters. The van der Waals surface area contributed by atoms with Crippen molar-refractivity contribution >= 4 is 21.4 Å². The molecule has 26 heavy (non-hydrogen) atoms. The maximum absolute atomic E-state index is 13.0. The van der Waals surface area contributed by atoms with Crippen LogP contribution in [0.15, 0.2) is 43.7 Å². The lowest BCUT2D eigenvalue weighted by atomic mass is 10.2. The normalized spacial score (nSPS) is 12.2. The zero-order valence-corrected chi connectivity index (χ0v) is 16.4. The van der Waals surface area contributed by atoms with E-state index < -0.39 is 10.0 Å². The number of furan rings is 1. The average Bonchev–Trinajstić information content (AvgIpc) is 3.34. The van der Waals surface area contributed by atoms with Crippen LogP contribution < -0.4 is 0 Å². The molecule has 0 saturated carbocycles. The summed E-state index contributed by atoms with van der Waals surface area (Å²) in [6, 6.07) is 6.81. The minimum atomic E-state index is -3.81. The van der Waals surface area contributed by atoms with Gasteiger partial charge in [0, 0.05) is 30.6 Å². The molecule has 3 heterocycles. The third-order valence-electron chi connectivity index (χ3n) is 4.01. The number of methoxy groups -OCH3 is 1. The average molecular weight is 396 g/mol. The van der Waals surface area contributed by atoms with Crippen molar-refractivity contribution in [2.24, 2.45) is 0 Å². The molecule has 3 rings (SSSR count). The van der Waals surface area contributed by atoms with E-state index in [1.54, 1.807) is 6.07 Å². The van der Waals surface area contributed by atoms with Gasteiger partial charge in [-0.25, -0.2) is 8.42 Å². The van der Waals surface area contributed by atoms with E-state index >= 15 is 0 Å². The fraction of sp³-hybridized carbons (Fsp3) is 0.353. The van der Waals surface area contributed by atoms with E-state index in [1.165, 1.54) is 28.8 Å². The molecule has 3 aromatic rings. The van der Waals surface area contributed by atoms with Crippen LogP contribution in [0.25, 0.3) is 11.5 Å². The smallest absolute Gasteiger partial charge is 0.276 e. The Hall–Kier alpha value is -1.94. The predicted octanol–water partition coefficient (Wildman–Crippen LogP) is 3.45. The summed E-state index contributed by atoms with van der Waals surface area (Å²) in [5.74, 6) is 0.773. The second-order valence-electron chi connectivity index (χ2n) is 5.75. The van der Waals surface area contributed by atoms with Crippen LogP contribution in [-0.2, 0) is 21.3 Å². The molecule has 0 aliphatic heterocycles. The lowest BCUT2D eigenvalue weighted by Crippen LogP contribution is -2.33. The van der Waals surface area contributed by atoms with Gasteiger partial charge in [-0.15, -0.1) is 11.3 Å². The summed E-state index contributed by atoms with van der Waals surface area (Å²) in [4.78, 5) is 0.943. The van der Waals surface area contributed by atoms with Crippen molar-refractivity contribution in [3.05, 3.63) is 45.8 Å². The predicted molar refractivity (Wildman–Crippen MR) is 97.5 cm³/mol. The molecule has 0 aliphatic rings. The highest BCUT2D eigenvalue weighted by Crippen LogP contribution is 2.30. The highest BCUT2D eigenvalue weighted by Gasteiger charge is 2.29. The van der Waals surface area contributed by atoms with Gasteiger partial charge in [0.05, 0.1) is 12.3 Å². The van der Waals surface area contributed by atoms with Crippen LogP contribution in [0.4, 0.5) is 0 Å². The number of sulfonamides is 1. The summed E-state index contributed by atoms with van der Waals surface area (Å²) in [6.07, 6.45) is 0. The first kappa shape index (κ1) is 18.8. The van der Waals surface area contributed by atoms with Gasteiger partial charge in [-0.2, -0.15) is 4.31 Å². The van der Waals surface area contributed by atoms with Crippen LogP contribution in [0.5, 0.6) is 0 Å². The zero-order valence-electron chi connectivity index (χ0n) is 14.8. The van der Waals surface area contributed by atoms with Gasteiger partial charge in [0.1, 0.15) is 0 Å². The molecule has 0 N–H and O–H groups in total. The Balaban J connectivity index is 1.90. The van der Waals surface area contributed by atoms with Crippen molar-refractivity contribution in [2.75, 3.05) is 20.3 Å². The molecule has 0 unspecified atom stereocenters. The number of nitrogens with zero attached hydrogens (tertiary/aromatic N) is 2. The van der Waals surface area contributed by atoms with Crippen molar-refractivity contribution in [3.8, 4) is 11.5 Å². The molecule has 0 aliphatic carbocycles. The lowest BCUT2D eigenvalue weighted by molar-refractivity contribution is 0.177. The highest BCUT2D eigenvalue weighted by molar-refractivity contribution is 7.89. The molecule has 9 heteroatoms. The molecule has 3 aromatic heterocycles. The third kappa shape index (κ3) is 3.75. The standard InChI is InChI=1S/C17H20N2O5S2/c1-12-13(2)18-24-17(12)15-6-7-16(23-15)26(20,21)19(8-9-22-3)11-14-5-4-10-25-14/h4-7,10H,8-9,11H2,1-3H3. The molecular formula is C17H20N2O5S2. The first-order valence-electron chi connectivity index (χ1n) is 7.98. The van der Waals surface area contributed by atoms with Crippen molar-refractivity contribution in [1.82, 2.24) is 9.46 Å². The van der Waals surface area contributed by atoms with Crippen LogP contribution in [0.3, 0.4) is 0 Å². The fourth-order valence-corrected chi connectivity index (χ4v) is 4.52. The summed E-state index contributed by atoms with van der Waals surface area (Å²) >= 11 is 1.50. The van der Waals surface area contributed by atoms with Gasteiger partial charge in [-0.1, -0.05) is 11.2 Å². The monoisotopic (exact) mass is 396 g/mol. The second kappa shape index (κ2) is 7.75. The molecule has 0 bridgehead atoms. The lowest BCUT2D eigenvalue weighted by Gasteiger charge is -2.19. The largest absolute Gasteiger partial charge is 0.440 e. The number of thiophene rings is 1. The van der Waals surface area contributed by atoms with E-state index in [0.29, 0.717) is 18.1 Å². The Labute approximate surface area is 156 Å². The molecule has 0 radical (unpaired) electrons. The molecule has 140 valence electrons. The van der Waals surface area contributed by atoms with Crippen LogP contribution in [-0.4, -0.2) is 38.1 Å². The summed E-state index contributed by atoms with van der Waals surface area (Å²) in [7, 11) is -2.27. The van der Waals surface area contributed by atoms with E-state index in [9.17, 15) is 8.42 Å². The first-order chi connectivity index (χ1) is 12.4. The van der Waals surface area contributed by atoms with E-state index in [1.807, 2.05) is 31.4 Å². The number of aryl methyl sites for hydroxylation is 1. The van der Waals surface area contributed by atoms with Crippen LogP contribution in [0, 0.1) is 13.8 Å². The topological polar surface area (TPSA) is 85.8 Å². The number of hydrogen-bond donors (Lipinski definition) is 0. The van der Waals surface area contributed by atoms with Gasteiger partial charge in [0.15, 0.2) is 5.76 Å².